The van der Waals surface area contributed by atoms with Crippen molar-refractivity contribution in [2.75, 3.05) is 0 Å². The largest absolute Gasteiger partial charge is 3.00 e. The molecular weight excluding hydrogens is 532 g/mol. The van der Waals surface area contributed by atoms with Crippen molar-refractivity contribution < 1.29 is 71.9 Å². The third-order valence-corrected chi connectivity index (χ3v) is 0. The summed E-state index contributed by atoms with van der Waals surface area (Å²) in [5, 5.41) is 0. The van der Waals surface area contributed by atoms with Gasteiger partial charge in [-0.2, -0.15) is 0 Å². The molecule has 0 fully saturated rings. The van der Waals surface area contributed by atoms with E-state index in [1.165, 1.54) is 0 Å². The van der Waals surface area contributed by atoms with Gasteiger partial charge in [0.2, 0.25) is 0 Å². The standard InChI is InChI=1S/3Ca.3HI.P/h;;;3*1H;/q3*+2;;;;-3/p-3. The Bertz CT molecular complexity index is 10.1. The Hall–Kier alpha value is 6.40. The van der Waals surface area contributed by atoms with Gasteiger partial charge in [0.05, 0.1) is 0 Å². The van der Waals surface area contributed by atoms with Gasteiger partial charge in [-0.05, 0) is 0 Å². The molecule has 32 valence electrons. The van der Waals surface area contributed by atoms with Crippen LogP contribution < -0.4 is 71.9 Å². The Morgan fingerprint density at radius 1 is 0.429 bits per heavy atom. The third kappa shape index (κ3) is 32.7. The fourth-order valence-corrected chi connectivity index (χ4v) is 0. The van der Waals surface area contributed by atoms with Crippen LogP contribution in [-0.4, -0.2) is 113 Å². The van der Waals surface area contributed by atoms with Gasteiger partial charge < -0.3 is 81.8 Å². The Balaban J connectivity index is 0. The molecule has 0 saturated carbocycles. The number of halogens is 3. The molecule has 0 amide bonds. The monoisotopic (exact) mass is 532 g/mol. The van der Waals surface area contributed by atoms with E-state index in [0.717, 1.165) is 0 Å². The van der Waals surface area contributed by atoms with Crippen LogP contribution in [0.1, 0.15) is 0 Å². The minimum Gasteiger partial charge on any atom is -3.00 e. The molecule has 0 spiro atoms. The van der Waals surface area contributed by atoms with E-state index in [0.29, 0.717) is 0 Å². The third-order valence-electron chi connectivity index (χ3n) is 0. The molecule has 0 heterocycles. The molecule has 0 nitrogen and oxygen atoms in total. The Morgan fingerprint density at radius 3 is 0.429 bits per heavy atom. The topological polar surface area (TPSA) is 0 Å². The molecule has 0 aliphatic heterocycles. The molecule has 0 rings (SSSR count). The molecule has 0 aromatic heterocycles. The normalized spacial score (nSPS) is 0. The van der Waals surface area contributed by atoms with Crippen molar-refractivity contribution in [3.8, 4) is 0 Å². The van der Waals surface area contributed by atoms with E-state index in [2.05, 4.69) is 0 Å². The van der Waals surface area contributed by atoms with Crippen LogP contribution in [0.5, 0.6) is 0 Å². The SMILES string of the molecule is [Ca+2].[Ca+2].[Ca+2].[I-].[I-].[I-].[P-3]. The molecule has 7 heavy (non-hydrogen) atoms. The van der Waals surface area contributed by atoms with E-state index in [-0.39, 0.29) is 195 Å². The second kappa shape index (κ2) is 39.3. The first kappa shape index (κ1) is 50.3. The van der Waals surface area contributed by atoms with Crippen molar-refractivity contribution in [3.05, 3.63) is 0 Å². The zero-order valence-corrected chi connectivity index (χ0v) is 17.7. The number of hydrogen-bond acceptors (Lipinski definition) is 0. The summed E-state index contributed by atoms with van der Waals surface area (Å²) in [6, 6.07) is 0. The first-order valence-corrected chi connectivity index (χ1v) is 0. The Labute approximate surface area is 189 Å². The summed E-state index contributed by atoms with van der Waals surface area (Å²) in [5.74, 6) is 0. The summed E-state index contributed by atoms with van der Waals surface area (Å²) in [5.41, 5.74) is 0. The molecule has 7 heteroatoms. The van der Waals surface area contributed by atoms with Crippen LogP contribution in [-0.2, 0) is 0 Å². The van der Waals surface area contributed by atoms with Gasteiger partial charge in [-0.25, -0.2) is 0 Å². The summed E-state index contributed by atoms with van der Waals surface area (Å²) >= 11 is 0. The second-order valence-electron chi connectivity index (χ2n) is 0. The summed E-state index contributed by atoms with van der Waals surface area (Å²) < 4.78 is 0. The van der Waals surface area contributed by atoms with E-state index < -0.39 is 0 Å². The van der Waals surface area contributed by atoms with Gasteiger partial charge in [0.25, 0.3) is 0 Å². The molecule has 0 aromatic rings. The Kier molecular flexibility index (Phi) is 283. The average Bonchev–Trinajstić information content (AvgIpc) is 0. The van der Waals surface area contributed by atoms with Crippen molar-refractivity contribution in [2.45, 2.75) is 0 Å². The first-order valence-electron chi connectivity index (χ1n) is 0. The first-order chi connectivity index (χ1) is 0. The predicted molar refractivity (Wildman–Crippen MR) is 24.2 cm³/mol. The predicted octanol–water partition coefficient (Wildman–Crippen LogP) is -9.27. The van der Waals surface area contributed by atoms with Crippen molar-refractivity contribution >= 4 is 123 Å². The second-order valence-corrected chi connectivity index (χ2v) is 0. The van der Waals surface area contributed by atoms with Crippen LogP contribution in [0.15, 0.2) is 0 Å². The Morgan fingerprint density at radius 2 is 0.429 bits per heavy atom. The number of hydrogen-bond donors (Lipinski definition) is 0. The van der Waals surface area contributed by atoms with Gasteiger partial charge in [-0.1, -0.05) is 0 Å². The van der Waals surface area contributed by atoms with E-state index in [4.69, 9.17) is 0 Å². The van der Waals surface area contributed by atoms with E-state index in [1.54, 1.807) is 0 Å². The fraction of sp³-hybridized carbons (Fsp3) is 0. The van der Waals surface area contributed by atoms with Gasteiger partial charge in [0, 0.05) is 0 Å². The quantitative estimate of drug-likeness (QED) is 0.166. The summed E-state index contributed by atoms with van der Waals surface area (Å²) in [6.45, 7) is 0. The van der Waals surface area contributed by atoms with E-state index in [9.17, 15) is 0 Å². The van der Waals surface area contributed by atoms with Crippen LogP contribution in [0.3, 0.4) is 0 Å². The molecule has 0 aliphatic rings. The molecule has 0 radical (unpaired) electrons. The van der Waals surface area contributed by atoms with Crippen LogP contribution in [0, 0.1) is 0 Å². The zero-order chi connectivity index (χ0) is 0. The maximum absolute atomic E-state index is 0. The van der Waals surface area contributed by atoms with E-state index >= 15 is 0 Å². The van der Waals surface area contributed by atoms with Gasteiger partial charge >= 0.3 is 113 Å². The zero-order valence-electron chi connectivity index (χ0n) is 3.70. The van der Waals surface area contributed by atoms with Gasteiger partial charge in [-0.3, -0.25) is 0 Å². The fourth-order valence-electron chi connectivity index (χ4n) is 0. The maximum atomic E-state index is 0. The van der Waals surface area contributed by atoms with Crippen LogP contribution in [0.25, 0.3) is 0 Å². The minimum atomic E-state index is 0. The van der Waals surface area contributed by atoms with Crippen molar-refractivity contribution in [3.63, 3.8) is 0 Å². The summed E-state index contributed by atoms with van der Waals surface area (Å²) in [6.07, 6.45) is 0. The average molecular weight is 532 g/mol. The van der Waals surface area contributed by atoms with Gasteiger partial charge in [0.1, 0.15) is 0 Å². The summed E-state index contributed by atoms with van der Waals surface area (Å²) in [7, 11) is 0. The molecule has 0 aromatic carbocycles. The van der Waals surface area contributed by atoms with Crippen LogP contribution >= 0.6 is 9.90 Å². The number of rotatable bonds is 0. The van der Waals surface area contributed by atoms with Crippen LogP contribution in [0.4, 0.5) is 0 Å². The maximum Gasteiger partial charge on any atom is 2.00 e. The van der Waals surface area contributed by atoms with E-state index in [1.807, 2.05) is 0 Å². The smallest absolute Gasteiger partial charge is 2.00 e. The molecule has 0 unspecified atom stereocenters. The molecule has 0 atom stereocenters. The molecule has 0 N–H and O–H groups in total. The van der Waals surface area contributed by atoms with Crippen molar-refractivity contribution in [1.29, 1.82) is 0 Å². The molecule has 0 saturated heterocycles. The summed E-state index contributed by atoms with van der Waals surface area (Å²) in [4.78, 5) is 0. The molecular formula is Ca3I3P. The minimum absolute atomic E-state index is 0. The van der Waals surface area contributed by atoms with Gasteiger partial charge in [-0.15, -0.1) is 0 Å². The molecule has 0 aliphatic carbocycles. The van der Waals surface area contributed by atoms with Crippen molar-refractivity contribution in [2.24, 2.45) is 0 Å². The van der Waals surface area contributed by atoms with Crippen LogP contribution in [0.2, 0.25) is 0 Å². The van der Waals surface area contributed by atoms with Gasteiger partial charge in [0.15, 0.2) is 0 Å². The molecule has 0 bridgehead atoms. The van der Waals surface area contributed by atoms with Crippen molar-refractivity contribution in [1.82, 2.24) is 0 Å².